The fourth-order valence-corrected chi connectivity index (χ4v) is 2.19. The van der Waals surface area contributed by atoms with Crippen molar-refractivity contribution in [3.8, 4) is 11.5 Å². The minimum absolute atomic E-state index is 0.0534. The number of aromatic hydroxyl groups is 2. The maximum Gasteiger partial charge on any atom is 0.120 e. The van der Waals surface area contributed by atoms with E-state index < -0.39 is 0 Å². The lowest BCUT2D eigenvalue weighted by Crippen LogP contribution is -2.22. The van der Waals surface area contributed by atoms with Crippen LogP contribution in [0.5, 0.6) is 11.5 Å². The highest BCUT2D eigenvalue weighted by Crippen LogP contribution is 2.29. The lowest BCUT2D eigenvalue weighted by Gasteiger charge is -2.21. The lowest BCUT2D eigenvalue weighted by atomic mass is 10.0. The molecule has 0 aromatic heterocycles. The third kappa shape index (κ3) is 3.26. The van der Waals surface area contributed by atoms with Crippen molar-refractivity contribution in [3.05, 3.63) is 59.7 Å². The van der Waals surface area contributed by atoms with Crippen molar-refractivity contribution in [3.63, 3.8) is 0 Å². The molecule has 0 spiro atoms. The van der Waals surface area contributed by atoms with E-state index in [2.05, 4.69) is 24.4 Å². The molecule has 0 saturated carbocycles. The number of benzene rings is 2. The van der Waals surface area contributed by atoms with Crippen LogP contribution in [0.25, 0.3) is 0 Å². The van der Waals surface area contributed by atoms with Crippen LogP contribution in [0.2, 0.25) is 0 Å². The summed E-state index contributed by atoms with van der Waals surface area (Å²) < 4.78 is 0. The molecule has 0 aliphatic rings. The van der Waals surface area contributed by atoms with Gasteiger partial charge < -0.3 is 15.5 Å². The summed E-state index contributed by atoms with van der Waals surface area (Å²) in [4.78, 5) is 0. The van der Waals surface area contributed by atoms with Gasteiger partial charge in [0.1, 0.15) is 11.5 Å². The molecule has 0 heterocycles. The predicted octanol–water partition coefficient (Wildman–Crippen LogP) is 3.51. The molecule has 0 aliphatic heterocycles. The highest BCUT2D eigenvalue weighted by Gasteiger charge is 2.14. The van der Waals surface area contributed by atoms with Crippen LogP contribution in [0.15, 0.2) is 48.5 Å². The monoisotopic (exact) mass is 257 g/mol. The Morgan fingerprint density at radius 2 is 1.58 bits per heavy atom. The molecule has 0 saturated heterocycles. The minimum Gasteiger partial charge on any atom is -0.508 e. The predicted molar refractivity (Wildman–Crippen MR) is 76.2 cm³/mol. The van der Waals surface area contributed by atoms with Crippen LogP contribution in [0.4, 0.5) is 0 Å². The quantitative estimate of drug-likeness (QED) is 0.735. The molecule has 0 aliphatic carbocycles. The van der Waals surface area contributed by atoms with Crippen molar-refractivity contribution in [2.24, 2.45) is 0 Å². The summed E-state index contributed by atoms with van der Waals surface area (Å²) in [6.45, 7) is 4.04. The first-order valence-corrected chi connectivity index (χ1v) is 6.41. The second-order valence-electron chi connectivity index (χ2n) is 4.76. The van der Waals surface area contributed by atoms with Gasteiger partial charge in [0.05, 0.1) is 0 Å². The molecule has 0 radical (unpaired) electrons. The van der Waals surface area contributed by atoms with Gasteiger partial charge in [0.2, 0.25) is 0 Å². The number of hydrogen-bond acceptors (Lipinski definition) is 3. The highest BCUT2D eigenvalue weighted by atomic mass is 16.3. The first kappa shape index (κ1) is 13.4. The Bertz CT molecular complexity index is 540. The van der Waals surface area contributed by atoms with Crippen molar-refractivity contribution >= 4 is 0 Å². The van der Waals surface area contributed by atoms with Crippen molar-refractivity contribution in [2.45, 2.75) is 25.9 Å². The van der Waals surface area contributed by atoms with Crippen molar-refractivity contribution in [1.82, 2.24) is 5.32 Å². The van der Waals surface area contributed by atoms with E-state index in [1.807, 2.05) is 25.1 Å². The van der Waals surface area contributed by atoms with Crippen LogP contribution < -0.4 is 5.32 Å². The maximum atomic E-state index is 9.84. The summed E-state index contributed by atoms with van der Waals surface area (Å²) in [5.74, 6) is 0.354. The molecule has 2 rings (SSSR count). The normalized spacial score (nSPS) is 14.0. The smallest absolute Gasteiger partial charge is 0.120 e. The van der Waals surface area contributed by atoms with Crippen LogP contribution in [-0.2, 0) is 0 Å². The van der Waals surface area contributed by atoms with Gasteiger partial charge in [0, 0.05) is 17.6 Å². The molecule has 3 nitrogen and oxygen atoms in total. The molecule has 3 heteroatoms. The van der Waals surface area contributed by atoms with Gasteiger partial charge >= 0.3 is 0 Å². The first-order valence-electron chi connectivity index (χ1n) is 6.41. The largest absolute Gasteiger partial charge is 0.508 e. The van der Waals surface area contributed by atoms with E-state index in [1.54, 1.807) is 6.07 Å². The summed E-state index contributed by atoms with van der Waals surface area (Å²) in [6.07, 6.45) is 0. The average molecular weight is 257 g/mol. The Balaban J connectivity index is 2.13. The van der Waals surface area contributed by atoms with Crippen LogP contribution in [0, 0.1) is 0 Å². The lowest BCUT2D eigenvalue weighted by molar-refractivity contribution is 0.429. The zero-order valence-electron chi connectivity index (χ0n) is 11.2. The number of nitrogens with one attached hydrogen (secondary N) is 1. The zero-order valence-corrected chi connectivity index (χ0v) is 11.2. The van der Waals surface area contributed by atoms with E-state index in [4.69, 9.17) is 0 Å². The van der Waals surface area contributed by atoms with Crippen molar-refractivity contribution < 1.29 is 10.2 Å². The van der Waals surface area contributed by atoms with Crippen LogP contribution in [0.3, 0.4) is 0 Å². The Kier molecular flexibility index (Phi) is 4.07. The number of phenolic OH excluding ortho intramolecular Hbond substituents is 2. The fraction of sp³-hybridized carbons (Fsp3) is 0.250. The SMILES string of the molecule is CC(NC(C)c1cc(O)ccc1O)c1ccccc1. The molecule has 0 amide bonds. The summed E-state index contributed by atoms with van der Waals surface area (Å²) in [7, 11) is 0. The molecule has 0 fully saturated rings. The highest BCUT2D eigenvalue weighted by molar-refractivity contribution is 5.40. The first-order chi connectivity index (χ1) is 9.08. The third-order valence-electron chi connectivity index (χ3n) is 3.28. The van der Waals surface area contributed by atoms with Gasteiger partial charge in [0.25, 0.3) is 0 Å². The summed E-state index contributed by atoms with van der Waals surface area (Å²) >= 11 is 0. The number of hydrogen-bond donors (Lipinski definition) is 3. The topological polar surface area (TPSA) is 52.5 Å². The summed E-state index contributed by atoms with van der Waals surface area (Å²) in [6, 6.07) is 14.8. The van der Waals surface area contributed by atoms with Gasteiger partial charge in [-0.15, -0.1) is 0 Å². The zero-order chi connectivity index (χ0) is 13.8. The second kappa shape index (κ2) is 5.76. The van der Waals surface area contributed by atoms with Crippen LogP contribution in [0.1, 0.15) is 37.1 Å². The molecule has 100 valence electrons. The molecule has 2 aromatic carbocycles. The molecule has 19 heavy (non-hydrogen) atoms. The van der Waals surface area contributed by atoms with E-state index >= 15 is 0 Å². The molecular weight excluding hydrogens is 238 g/mol. The van der Waals surface area contributed by atoms with Gasteiger partial charge in [-0.25, -0.2) is 0 Å². The molecule has 2 unspecified atom stereocenters. The van der Waals surface area contributed by atoms with Gasteiger partial charge in [0.15, 0.2) is 0 Å². The van der Waals surface area contributed by atoms with Gasteiger partial charge in [-0.2, -0.15) is 0 Å². The number of rotatable bonds is 4. The minimum atomic E-state index is -0.0534. The second-order valence-corrected chi connectivity index (χ2v) is 4.76. The Hall–Kier alpha value is -2.00. The molecular formula is C16H19NO2. The summed E-state index contributed by atoms with van der Waals surface area (Å²) in [5, 5.41) is 22.7. The van der Waals surface area contributed by atoms with Gasteiger partial charge in [-0.1, -0.05) is 30.3 Å². The van der Waals surface area contributed by atoms with Crippen LogP contribution >= 0.6 is 0 Å². The van der Waals surface area contributed by atoms with E-state index in [1.165, 1.54) is 17.7 Å². The Labute approximate surface area is 113 Å². The molecule has 2 atom stereocenters. The van der Waals surface area contributed by atoms with E-state index in [0.717, 1.165) is 0 Å². The third-order valence-corrected chi connectivity index (χ3v) is 3.28. The summed E-state index contributed by atoms with van der Waals surface area (Å²) in [5.41, 5.74) is 1.89. The van der Waals surface area contributed by atoms with E-state index in [0.29, 0.717) is 5.56 Å². The molecule has 0 bridgehead atoms. The fourth-order valence-electron chi connectivity index (χ4n) is 2.19. The average Bonchev–Trinajstić information content (AvgIpc) is 2.42. The van der Waals surface area contributed by atoms with Crippen molar-refractivity contribution in [2.75, 3.05) is 0 Å². The van der Waals surface area contributed by atoms with E-state index in [9.17, 15) is 10.2 Å². The van der Waals surface area contributed by atoms with Crippen LogP contribution in [-0.4, -0.2) is 10.2 Å². The number of phenols is 2. The molecule has 3 N–H and O–H groups in total. The maximum absolute atomic E-state index is 9.84. The van der Waals surface area contributed by atoms with Gasteiger partial charge in [-0.05, 0) is 37.6 Å². The van der Waals surface area contributed by atoms with Gasteiger partial charge in [-0.3, -0.25) is 0 Å². The van der Waals surface area contributed by atoms with E-state index in [-0.39, 0.29) is 23.6 Å². The molecule has 2 aromatic rings. The Morgan fingerprint density at radius 1 is 0.895 bits per heavy atom. The standard InChI is InChI=1S/C16H19NO2/c1-11(13-6-4-3-5-7-13)17-12(2)15-10-14(18)8-9-16(15)19/h3-12,17-19H,1-2H3. The Morgan fingerprint density at radius 3 is 2.26 bits per heavy atom. The van der Waals surface area contributed by atoms with Crippen molar-refractivity contribution in [1.29, 1.82) is 0 Å².